The minimum atomic E-state index is -4.42. The Kier molecular flexibility index (Phi) is 3.10. The fourth-order valence-electron chi connectivity index (χ4n) is 1.89. The van der Waals surface area contributed by atoms with Crippen LogP contribution in [0.1, 0.15) is 5.56 Å². The Morgan fingerprint density at radius 1 is 1.05 bits per heavy atom. The SMILES string of the molecule is FC(F)(F)c1ccccc1-c1cc(-c2cccs2)no1. The van der Waals surface area contributed by atoms with Gasteiger partial charge in [-0.15, -0.1) is 11.3 Å². The molecule has 0 aliphatic carbocycles. The van der Waals surface area contributed by atoms with E-state index < -0.39 is 11.7 Å². The number of thiophene rings is 1. The van der Waals surface area contributed by atoms with Gasteiger partial charge >= 0.3 is 6.18 Å². The maximum absolute atomic E-state index is 13.0. The van der Waals surface area contributed by atoms with Crippen LogP contribution >= 0.6 is 11.3 Å². The van der Waals surface area contributed by atoms with Gasteiger partial charge in [0.15, 0.2) is 5.76 Å². The molecule has 0 aliphatic heterocycles. The summed E-state index contributed by atoms with van der Waals surface area (Å²) in [7, 11) is 0. The Morgan fingerprint density at radius 3 is 2.55 bits per heavy atom. The smallest absolute Gasteiger partial charge is 0.356 e. The molecule has 0 aliphatic rings. The van der Waals surface area contributed by atoms with E-state index in [-0.39, 0.29) is 11.3 Å². The third-order valence-corrected chi connectivity index (χ3v) is 3.67. The van der Waals surface area contributed by atoms with E-state index in [1.165, 1.54) is 35.6 Å². The summed E-state index contributed by atoms with van der Waals surface area (Å²) in [5, 5.41) is 5.69. The quantitative estimate of drug-likeness (QED) is 0.658. The van der Waals surface area contributed by atoms with Crippen LogP contribution in [0.3, 0.4) is 0 Å². The molecule has 3 rings (SSSR count). The highest BCUT2D eigenvalue weighted by molar-refractivity contribution is 7.13. The first-order chi connectivity index (χ1) is 9.55. The Labute approximate surface area is 116 Å². The molecule has 0 amide bonds. The second kappa shape index (κ2) is 4.79. The number of aromatic nitrogens is 1. The van der Waals surface area contributed by atoms with Gasteiger partial charge in [-0.3, -0.25) is 0 Å². The lowest BCUT2D eigenvalue weighted by molar-refractivity contribution is -0.137. The fourth-order valence-corrected chi connectivity index (χ4v) is 2.57. The molecule has 2 aromatic heterocycles. The molecule has 0 fully saturated rings. The molecular formula is C14H8F3NOS. The standard InChI is InChI=1S/C14H8F3NOS/c15-14(16,17)10-5-2-1-4-9(10)12-8-11(18-19-12)13-6-3-7-20-13/h1-8H. The summed E-state index contributed by atoms with van der Waals surface area (Å²) in [5.41, 5.74) is -0.198. The second-order valence-corrected chi connectivity index (χ2v) is 5.04. The number of halogens is 3. The zero-order valence-corrected chi connectivity index (χ0v) is 10.8. The third-order valence-electron chi connectivity index (χ3n) is 2.78. The van der Waals surface area contributed by atoms with Crippen LogP contribution in [-0.4, -0.2) is 5.16 Å². The van der Waals surface area contributed by atoms with E-state index in [0.717, 1.165) is 10.9 Å². The topological polar surface area (TPSA) is 26.0 Å². The highest BCUT2D eigenvalue weighted by atomic mass is 32.1. The Bertz CT molecular complexity index is 716. The normalized spacial score (nSPS) is 11.8. The van der Waals surface area contributed by atoms with Crippen LogP contribution in [0, 0.1) is 0 Å². The van der Waals surface area contributed by atoms with Crippen LogP contribution in [-0.2, 0) is 6.18 Å². The number of hydrogen-bond donors (Lipinski definition) is 0. The minimum Gasteiger partial charge on any atom is -0.356 e. The zero-order valence-electron chi connectivity index (χ0n) is 10.0. The molecule has 6 heteroatoms. The van der Waals surface area contributed by atoms with Crippen molar-refractivity contribution in [3.05, 3.63) is 53.4 Å². The number of rotatable bonds is 2. The van der Waals surface area contributed by atoms with Gasteiger partial charge in [0, 0.05) is 11.6 Å². The number of nitrogens with zero attached hydrogens (tertiary/aromatic N) is 1. The molecule has 3 aromatic rings. The summed E-state index contributed by atoms with van der Waals surface area (Å²) < 4.78 is 43.9. The van der Waals surface area contributed by atoms with Gasteiger partial charge in [0.25, 0.3) is 0 Å². The maximum Gasteiger partial charge on any atom is 0.417 e. The molecule has 0 bridgehead atoms. The Balaban J connectivity index is 2.07. The summed E-state index contributed by atoms with van der Waals surface area (Å²) in [6.45, 7) is 0. The zero-order chi connectivity index (χ0) is 14.2. The molecule has 0 saturated carbocycles. The van der Waals surface area contributed by atoms with E-state index in [4.69, 9.17) is 4.52 Å². The van der Waals surface area contributed by atoms with Gasteiger partial charge in [0.2, 0.25) is 0 Å². The van der Waals surface area contributed by atoms with Crippen LogP contribution in [0.15, 0.2) is 52.4 Å². The highest BCUT2D eigenvalue weighted by Crippen LogP contribution is 2.38. The molecule has 0 saturated heterocycles. The van der Waals surface area contributed by atoms with Crippen LogP contribution in [0.4, 0.5) is 13.2 Å². The van der Waals surface area contributed by atoms with Gasteiger partial charge in [-0.05, 0) is 17.5 Å². The lowest BCUT2D eigenvalue weighted by atomic mass is 10.0. The summed E-state index contributed by atoms with van der Waals surface area (Å²) in [6.07, 6.45) is -4.42. The van der Waals surface area contributed by atoms with Crippen LogP contribution in [0.25, 0.3) is 21.9 Å². The summed E-state index contributed by atoms with van der Waals surface area (Å²) >= 11 is 1.45. The average molecular weight is 295 g/mol. The van der Waals surface area contributed by atoms with Crippen molar-refractivity contribution in [3.8, 4) is 21.9 Å². The summed E-state index contributed by atoms with van der Waals surface area (Å²) in [5.74, 6) is 0.112. The Hall–Kier alpha value is -2.08. The Morgan fingerprint density at radius 2 is 1.85 bits per heavy atom. The molecule has 1 aromatic carbocycles. The van der Waals surface area contributed by atoms with Gasteiger partial charge in [0.1, 0.15) is 5.69 Å². The summed E-state index contributed by atoms with van der Waals surface area (Å²) in [6, 6.07) is 10.5. The second-order valence-electron chi connectivity index (χ2n) is 4.10. The number of hydrogen-bond acceptors (Lipinski definition) is 3. The number of alkyl halides is 3. The first-order valence-corrected chi connectivity index (χ1v) is 6.61. The van der Waals surface area contributed by atoms with Crippen LogP contribution < -0.4 is 0 Å². The van der Waals surface area contributed by atoms with Crippen molar-refractivity contribution in [2.24, 2.45) is 0 Å². The van der Waals surface area contributed by atoms with Crippen molar-refractivity contribution < 1.29 is 17.7 Å². The molecule has 2 nitrogen and oxygen atoms in total. The van der Waals surface area contributed by atoms with E-state index in [2.05, 4.69) is 5.16 Å². The van der Waals surface area contributed by atoms with Crippen molar-refractivity contribution in [1.82, 2.24) is 5.16 Å². The molecule has 2 heterocycles. The fraction of sp³-hybridized carbons (Fsp3) is 0.0714. The van der Waals surface area contributed by atoms with E-state index in [0.29, 0.717) is 5.69 Å². The van der Waals surface area contributed by atoms with E-state index in [9.17, 15) is 13.2 Å². The van der Waals surface area contributed by atoms with Crippen molar-refractivity contribution in [3.63, 3.8) is 0 Å². The van der Waals surface area contributed by atoms with Crippen molar-refractivity contribution >= 4 is 11.3 Å². The maximum atomic E-state index is 13.0. The molecule has 0 radical (unpaired) electrons. The lowest BCUT2D eigenvalue weighted by Gasteiger charge is -2.09. The van der Waals surface area contributed by atoms with E-state index >= 15 is 0 Å². The van der Waals surface area contributed by atoms with Gasteiger partial charge in [-0.2, -0.15) is 13.2 Å². The lowest BCUT2D eigenvalue weighted by Crippen LogP contribution is -2.06. The first kappa shape index (κ1) is 12.9. The molecular weight excluding hydrogens is 287 g/mol. The van der Waals surface area contributed by atoms with E-state index in [1.807, 2.05) is 17.5 Å². The molecule has 0 atom stereocenters. The van der Waals surface area contributed by atoms with Crippen molar-refractivity contribution in [2.75, 3.05) is 0 Å². The van der Waals surface area contributed by atoms with Gasteiger partial charge in [0.05, 0.1) is 10.4 Å². The molecule has 102 valence electrons. The number of benzene rings is 1. The molecule has 0 spiro atoms. The largest absolute Gasteiger partial charge is 0.417 e. The van der Waals surface area contributed by atoms with Crippen molar-refractivity contribution in [1.29, 1.82) is 0 Å². The first-order valence-electron chi connectivity index (χ1n) is 5.73. The molecule has 0 N–H and O–H groups in total. The van der Waals surface area contributed by atoms with Gasteiger partial charge < -0.3 is 4.52 Å². The van der Waals surface area contributed by atoms with E-state index in [1.54, 1.807) is 0 Å². The highest BCUT2D eigenvalue weighted by Gasteiger charge is 2.34. The predicted molar refractivity (Wildman–Crippen MR) is 70.3 cm³/mol. The predicted octanol–water partition coefficient (Wildman–Crippen LogP) is 5.09. The van der Waals surface area contributed by atoms with Crippen molar-refractivity contribution in [2.45, 2.75) is 6.18 Å². The van der Waals surface area contributed by atoms with Gasteiger partial charge in [-0.25, -0.2) is 0 Å². The molecule has 20 heavy (non-hydrogen) atoms. The van der Waals surface area contributed by atoms with Crippen LogP contribution in [0.5, 0.6) is 0 Å². The van der Waals surface area contributed by atoms with Gasteiger partial charge in [-0.1, -0.05) is 29.4 Å². The monoisotopic (exact) mass is 295 g/mol. The van der Waals surface area contributed by atoms with Crippen LogP contribution in [0.2, 0.25) is 0 Å². The molecule has 0 unspecified atom stereocenters. The average Bonchev–Trinajstić information content (AvgIpc) is 3.09. The summed E-state index contributed by atoms with van der Waals surface area (Å²) in [4.78, 5) is 0.851. The third kappa shape index (κ3) is 2.34. The minimum absolute atomic E-state index is 0.00435.